The van der Waals surface area contributed by atoms with E-state index in [1.165, 1.54) is 0 Å². The second kappa shape index (κ2) is 9.96. The van der Waals surface area contributed by atoms with Crippen molar-refractivity contribution in [3.05, 3.63) is 69.1 Å². The Bertz CT molecular complexity index is 1170. The van der Waals surface area contributed by atoms with Crippen LogP contribution in [0.2, 0.25) is 0 Å². The molecule has 1 amide bonds. The number of hydrogen-bond acceptors (Lipinski definition) is 5. The lowest BCUT2D eigenvalue weighted by molar-refractivity contribution is 0.0941. The van der Waals surface area contributed by atoms with Crippen molar-refractivity contribution in [3.63, 3.8) is 0 Å². The molecule has 7 heteroatoms. The molecule has 0 spiro atoms. The number of carbonyl (C=O) groups is 1. The Labute approximate surface area is 187 Å². The molecule has 0 aliphatic carbocycles. The van der Waals surface area contributed by atoms with Gasteiger partial charge in [0, 0.05) is 18.4 Å². The van der Waals surface area contributed by atoms with E-state index in [0.717, 1.165) is 54.6 Å². The molecule has 2 aromatic carbocycles. The van der Waals surface area contributed by atoms with Gasteiger partial charge in [0.1, 0.15) is 5.75 Å². The molecule has 0 saturated carbocycles. The molecule has 1 aliphatic rings. The van der Waals surface area contributed by atoms with Crippen LogP contribution in [-0.4, -0.2) is 42.8 Å². The Hall–Kier alpha value is -3.19. The van der Waals surface area contributed by atoms with Gasteiger partial charge in [-0.25, -0.2) is 5.10 Å². The number of nitrogens with one attached hydrogen (secondary N) is 3. The lowest BCUT2D eigenvalue weighted by atomic mass is 9.96. The van der Waals surface area contributed by atoms with Crippen molar-refractivity contribution in [2.24, 2.45) is 5.92 Å². The van der Waals surface area contributed by atoms with Gasteiger partial charge >= 0.3 is 0 Å². The molecule has 1 aliphatic heterocycles. The number of benzene rings is 2. The van der Waals surface area contributed by atoms with E-state index < -0.39 is 0 Å². The van der Waals surface area contributed by atoms with Gasteiger partial charge in [0.05, 0.1) is 23.8 Å². The smallest absolute Gasteiger partial charge is 0.272 e. The summed E-state index contributed by atoms with van der Waals surface area (Å²) in [6, 6.07) is 11.4. The summed E-state index contributed by atoms with van der Waals surface area (Å²) in [7, 11) is 1.60. The van der Waals surface area contributed by atoms with E-state index in [2.05, 4.69) is 26.9 Å². The van der Waals surface area contributed by atoms with E-state index >= 15 is 0 Å². The molecule has 4 rings (SSSR count). The largest absolute Gasteiger partial charge is 0.496 e. The SMILES string of the molecule is CCc1cc(Cc2n[nH]c(=O)c3ccccc23)cc(C(=O)NCC2CCCNC2)c1OC. The Balaban J connectivity index is 1.64. The third-order valence-corrected chi connectivity index (χ3v) is 6.15. The average molecular weight is 435 g/mol. The number of nitrogens with zero attached hydrogens (tertiary/aromatic N) is 1. The fraction of sp³-hybridized carbons (Fsp3) is 0.400. The van der Waals surface area contributed by atoms with Crippen LogP contribution in [0, 0.1) is 5.92 Å². The zero-order valence-electron chi connectivity index (χ0n) is 18.7. The summed E-state index contributed by atoms with van der Waals surface area (Å²) in [6.07, 6.45) is 3.50. The monoisotopic (exact) mass is 434 g/mol. The minimum atomic E-state index is -0.203. The molecule has 3 N–H and O–H groups in total. The van der Waals surface area contributed by atoms with Gasteiger partial charge < -0.3 is 15.4 Å². The summed E-state index contributed by atoms with van der Waals surface area (Å²) in [4.78, 5) is 25.2. The topological polar surface area (TPSA) is 96.1 Å². The number of carbonyl (C=O) groups excluding carboxylic acids is 1. The summed E-state index contributed by atoms with van der Waals surface area (Å²) in [6.45, 7) is 4.67. The Morgan fingerprint density at radius 2 is 2.06 bits per heavy atom. The van der Waals surface area contributed by atoms with E-state index in [9.17, 15) is 9.59 Å². The number of ether oxygens (including phenoxy) is 1. The fourth-order valence-corrected chi connectivity index (χ4v) is 4.46. The first kappa shape index (κ1) is 22.0. The molecule has 32 heavy (non-hydrogen) atoms. The van der Waals surface area contributed by atoms with Crippen molar-refractivity contribution >= 4 is 16.7 Å². The summed E-state index contributed by atoms with van der Waals surface area (Å²) in [5.41, 5.74) is 3.04. The molecule has 1 atom stereocenters. The van der Waals surface area contributed by atoms with Crippen LogP contribution in [0.25, 0.3) is 10.8 Å². The van der Waals surface area contributed by atoms with Crippen LogP contribution in [0.3, 0.4) is 0 Å². The van der Waals surface area contributed by atoms with E-state index in [-0.39, 0.29) is 11.5 Å². The lowest BCUT2D eigenvalue weighted by Gasteiger charge is -2.23. The van der Waals surface area contributed by atoms with Crippen LogP contribution in [0.5, 0.6) is 5.75 Å². The minimum Gasteiger partial charge on any atom is -0.496 e. The molecule has 3 aromatic rings. The minimum absolute atomic E-state index is 0.122. The van der Waals surface area contributed by atoms with Gasteiger partial charge in [-0.2, -0.15) is 5.10 Å². The number of amides is 1. The van der Waals surface area contributed by atoms with Crippen molar-refractivity contribution in [3.8, 4) is 5.75 Å². The fourth-order valence-electron chi connectivity index (χ4n) is 4.46. The summed E-state index contributed by atoms with van der Waals surface area (Å²) < 4.78 is 5.64. The van der Waals surface area contributed by atoms with Gasteiger partial charge in [-0.3, -0.25) is 9.59 Å². The van der Waals surface area contributed by atoms with Crippen LogP contribution in [0.15, 0.2) is 41.2 Å². The van der Waals surface area contributed by atoms with Gasteiger partial charge in [0.15, 0.2) is 0 Å². The van der Waals surface area contributed by atoms with Crippen molar-refractivity contribution in [1.29, 1.82) is 0 Å². The molecular weight excluding hydrogens is 404 g/mol. The summed E-state index contributed by atoms with van der Waals surface area (Å²) in [5, 5.41) is 14.8. The number of aryl methyl sites for hydroxylation is 1. The predicted molar refractivity (Wildman–Crippen MR) is 125 cm³/mol. The normalized spacial score (nSPS) is 16.1. The lowest BCUT2D eigenvalue weighted by Crippen LogP contribution is -2.38. The molecule has 0 radical (unpaired) electrons. The van der Waals surface area contributed by atoms with Crippen LogP contribution in [0.1, 0.15) is 46.9 Å². The first-order valence-electron chi connectivity index (χ1n) is 11.3. The van der Waals surface area contributed by atoms with Gasteiger partial charge in [-0.1, -0.05) is 31.2 Å². The molecule has 1 aromatic heterocycles. The van der Waals surface area contributed by atoms with Crippen LogP contribution in [-0.2, 0) is 12.8 Å². The zero-order chi connectivity index (χ0) is 22.5. The number of fused-ring (bicyclic) bond motifs is 1. The van der Waals surface area contributed by atoms with Gasteiger partial charge in [-0.15, -0.1) is 0 Å². The quantitative estimate of drug-likeness (QED) is 0.531. The number of rotatable bonds is 7. The number of methoxy groups -OCH3 is 1. The van der Waals surface area contributed by atoms with Gasteiger partial charge in [0.2, 0.25) is 0 Å². The zero-order valence-corrected chi connectivity index (χ0v) is 18.7. The third-order valence-electron chi connectivity index (χ3n) is 6.15. The Morgan fingerprint density at radius 3 is 2.78 bits per heavy atom. The standard InChI is InChI=1S/C25H30N4O3/c1-3-18-11-17(13-22-19-8-4-5-9-20(19)25(31)29-28-22)12-21(23(18)32-2)24(30)27-15-16-7-6-10-26-14-16/h4-5,8-9,11-12,16,26H,3,6-7,10,13-15H2,1-2H3,(H,27,30)(H,29,31). The molecular formula is C25H30N4O3. The van der Waals surface area contributed by atoms with Gasteiger partial charge in [0.25, 0.3) is 11.5 Å². The van der Waals surface area contributed by atoms with Crippen molar-refractivity contribution < 1.29 is 9.53 Å². The molecule has 1 fully saturated rings. The summed E-state index contributed by atoms with van der Waals surface area (Å²) >= 11 is 0. The predicted octanol–water partition coefficient (Wildman–Crippen LogP) is 2.81. The number of piperidine rings is 1. The number of H-pyrrole nitrogens is 1. The molecule has 0 bridgehead atoms. The number of aromatic nitrogens is 2. The number of hydrogen-bond donors (Lipinski definition) is 3. The van der Waals surface area contributed by atoms with Crippen LogP contribution >= 0.6 is 0 Å². The molecule has 168 valence electrons. The maximum absolute atomic E-state index is 13.1. The van der Waals surface area contributed by atoms with Crippen molar-refractivity contribution in [2.45, 2.75) is 32.6 Å². The third kappa shape index (κ3) is 4.67. The molecule has 7 nitrogen and oxygen atoms in total. The molecule has 2 heterocycles. The van der Waals surface area contributed by atoms with Crippen LogP contribution < -0.4 is 20.9 Å². The first-order chi connectivity index (χ1) is 15.6. The van der Waals surface area contributed by atoms with E-state index in [0.29, 0.717) is 35.6 Å². The Kier molecular flexibility index (Phi) is 6.85. The van der Waals surface area contributed by atoms with E-state index in [4.69, 9.17) is 4.74 Å². The van der Waals surface area contributed by atoms with E-state index in [1.807, 2.05) is 31.2 Å². The second-order valence-electron chi connectivity index (χ2n) is 8.33. The maximum atomic E-state index is 13.1. The number of aromatic amines is 1. The van der Waals surface area contributed by atoms with E-state index in [1.54, 1.807) is 13.2 Å². The van der Waals surface area contributed by atoms with Gasteiger partial charge in [-0.05, 0) is 61.5 Å². The maximum Gasteiger partial charge on any atom is 0.272 e. The molecule has 1 unspecified atom stereocenters. The first-order valence-corrected chi connectivity index (χ1v) is 11.3. The van der Waals surface area contributed by atoms with Crippen LogP contribution in [0.4, 0.5) is 0 Å². The highest BCUT2D eigenvalue weighted by Gasteiger charge is 2.20. The van der Waals surface area contributed by atoms with Crippen molar-refractivity contribution in [2.75, 3.05) is 26.7 Å². The average Bonchev–Trinajstić information content (AvgIpc) is 2.84. The second-order valence-corrected chi connectivity index (χ2v) is 8.33. The highest BCUT2D eigenvalue weighted by atomic mass is 16.5. The Morgan fingerprint density at radius 1 is 1.25 bits per heavy atom. The molecule has 1 saturated heterocycles. The summed E-state index contributed by atoms with van der Waals surface area (Å²) in [5.74, 6) is 0.947. The highest BCUT2D eigenvalue weighted by Crippen LogP contribution is 2.28. The highest BCUT2D eigenvalue weighted by molar-refractivity contribution is 5.97. The van der Waals surface area contributed by atoms with Crippen molar-refractivity contribution in [1.82, 2.24) is 20.8 Å².